The van der Waals surface area contributed by atoms with Crippen LogP contribution in [0.25, 0.3) is 0 Å². The molecule has 0 aliphatic heterocycles. The molecule has 0 fully saturated rings. The first-order chi connectivity index (χ1) is 9.93. The molecule has 0 saturated carbocycles. The van der Waals surface area contributed by atoms with E-state index in [1.807, 2.05) is 0 Å². The molecule has 0 aliphatic carbocycles. The molecule has 2 rings (SSSR count). The molecule has 0 heterocycles. The molecule has 0 aromatic heterocycles. The zero-order chi connectivity index (χ0) is 15.8. The number of benzene rings is 2. The quantitative estimate of drug-likeness (QED) is 0.350. The molecule has 23 heavy (non-hydrogen) atoms. The number of nitro groups is 2. The van der Waals surface area contributed by atoms with Crippen LogP contribution >= 0.6 is 11.6 Å². The Bertz CT molecular complexity index is 641. The topological polar surface area (TPSA) is 95.5 Å². The van der Waals surface area contributed by atoms with Crippen LogP contribution in [0.3, 0.4) is 0 Å². The molecule has 118 valence electrons. The maximum atomic E-state index is 10.2. The van der Waals surface area contributed by atoms with Crippen LogP contribution in [0.4, 0.5) is 11.4 Å². The van der Waals surface area contributed by atoms with Gasteiger partial charge in [0.15, 0.2) is 0 Å². The van der Waals surface area contributed by atoms with Crippen molar-refractivity contribution in [2.24, 2.45) is 0 Å². The van der Waals surface area contributed by atoms with E-state index in [-0.39, 0.29) is 53.3 Å². The summed E-state index contributed by atoms with van der Waals surface area (Å²) in [6.45, 7) is 0. The monoisotopic (exact) mass is 368 g/mol. The molecule has 0 radical (unpaired) electrons. The van der Waals surface area contributed by atoms with Gasteiger partial charge in [-0.1, -0.05) is 17.7 Å². The number of rotatable bonds is 3. The fourth-order valence-electron chi connectivity index (χ4n) is 1.29. The van der Waals surface area contributed by atoms with Crippen molar-refractivity contribution in [2.45, 2.75) is 0 Å². The summed E-state index contributed by atoms with van der Waals surface area (Å²) in [7, 11) is 1.52. The third-order valence-electron chi connectivity index (χ3n) is 2.30. The van der Waals surface area contributed by atoms with Gasteiger partial charge in [-0.3, -0.25) is 20.2 Å². The Morgan fingerprint density at radius 2 is 1.48 bits per heavy atom. The first-order valence-corrected chi connectivity index (χ1v) is 6.00. The van der Waals surface area contributed by atoms with Crippen LogP contribution in [0.1, 0.15) is 0 Å². The molecular weight excluding hydrogens is 358 g/mol. The third kappa shape index (κ3) is 8.73. The third-order valence-corrected chi connectivity index (χ3v) is 2.54. The summed E-state index contributed by atoms with van der Waals surface area (Å²) in [5.74, 6) is 0.621. The molecule has 0 saturated heterocycles. The summed E-state index contributed by atoms with van der Waals surface area (Å²) in [4.78, 5) is 19.3. The van der Waals surface area contributed by atoms with Crippen molar-refractivity contribution in [3.8, 4) is 5.75 Å². The van der Waals surface area contributed by atoms with Gasteiger partial charge in [0.05, 0.1) is 17.0 Å². The predicted octanol–water partition coefficient (Wildman–Crippen LogP) is -2.14. The van der Waals surface area contributed by atoms with Gasteiger partial charge in [-0.2, -0.15) is 0 Å². The van der Waals surface area contributed by atoms with E-state index < -0.39 is 9.85 Å². The summed E-state index contributed by atoms with van der Waals surface area (Å²) in [5.41, 5.74) is 0.0956. The normalized spacial score (nSPS) is 8.43. The molecule has 0 unspecified atom stereocenters. The van der Waals surface area contributed by atoms with Crippen LogP contribution in [0, 0.1) is 20.2 Å². The first kappa shape index (κ1) is 23.9. The van der Waals surface area contributed by atoms with Crippen molar-refractivity contribution < 1.29 is 56.5 Å². The van der Waals surface area contributed by atoms with Gasteiger partial charge in [0, 0.05) is 29.3 Å². The van der Waals surface area contributed by atoms with Crippen molar-refractivity contribution in [1.82, 2.24) is 0 Å². The number of halogens is 2. The van der Waals surface area contributed by atoms with Crippen LogP contribution in [-0.2, 0) is 0 Å². The standard InChI is InChI=1S/C7H7NO3.C6H4ClNO2.ClH.Na/c1-11-7-4-2-6(3-5-7)8(9)10;7-5-2-1-3-6(4-5)8(9)10;;/h2-5H,1H3;1-4H;1H;/q;;;+1/p-1. The fourth-order valence-corrected chi connectivity index (χ4v) is 1.48. The Labute approximate surface area is 165 Å². The average molecular weight is 369 g/mol. The van der Waals surface area contributed by atoms with Crippen molar-refractivity contribution in [2.75, 3.05) is 7.11 Å². The van der Waals surface area contributed by atoms with Crippen LogP contribution < -0.4 is 46.7 Å². The van der Waals surface area contributed by atoms with E-state index in [9.17, 15) is 20.2 Å². The number of nitro benzene ring substituents is 2. The van der Waals surface area contributed by atoms with Crippen molar-refractivity contribution >= 4 is 23.0 Å². The molecule has 0 spiro atoms. The first-order valence-electron chi connectivity index (χ1n) is 5.62. The predicted molar refractivity (Wildman–Crippen MR) is 77.8 cm³/mol. The second-order valence-electron chi connectivity index (χ2n) is 3.69. The van der Waals surface area contributed by atoms with E-state index in [0.717, 1.165) is 0 Å². The van der Waals surface area contributed by atoms with Gasteiger partial charge in [0.2, 0.25) is 0 Å². The maximum Gasteiger partial charge on any atom is 1.00 e. The Balaban J connectivity index is 0. The molecule has 0 aliphatic rings. The van der Waals surface area contributed by atoms with Gasteiger partial charge in [-0.15, -0.1) is 0 Å². The smallest absolute Gasteiger partial charge is 1.00 e. The molecule has 0 bridgehead atoms. The van der Waals surface area contributed by atoms with Gasteiger partial charge in [-0.25, -0.2) is 0 Å². The molecular formula is C13H11Cl2N2NaO5. The van der Waals surface area contributed by atoms with Crippen molar-refractivity contribution in [1.29, 1.82) is 0 Å². The van der Waals surface area contributed by atoms with E-state index in [2.05, 4.69) is 0 Å². The number of non-ortho nitro benzene ring substituents is 2. The second kappa shape index (κ2) is 12.1. The molecule has 0 atom stereocenters. The minimum absolute atomic E-state index is 0. The van der Waals surface area contributed by atoms with Crippen LogP contribution in [0.2, 0.25) is 5.02 Å². The van der Waals surface area contributed by atoms with Gasteiger partial charge >= 0.3 is 29.6 Å². The zero-order valence-corrected chi connectivity index (χ0v) is 15.8. The summed E-state index contributed by atoms with van der Waals surface area (Å²) < 4.78 is 4.83. The van der Waals surface area contributed by atoms with E-state index in [1.54, 1.807) is 24.3 Å². The molecule has 7 nitrogen and oxygen atoms in total. The molecule has 0 amide bonds. The summed E-state index contributed by atoms with van der Waals surface area (Å²) >= 11 is 5.48. The Morgan fingerprint density at radius 1 is 0.957 bits per heavy atom. The Hall–Kier alpha value is -1.38. The van der Waals surface area contributed by atoms with Crippen molar-refractivity contribution in [3.05, 3.63) is 73.8 Å². The average Bonchev–Trinajstić information content (AvgIpc) is 2.48. The van der Waals surface area contributed by atoms with Gasteiger partial charge in [-0.05, 0) is 18.2 Å². The molecule has 2 aromatic rings. The van der Waals surface area contributed by atoms with E-state index in [1.165, 1.54) is 31.4 Å². The maximum absolute atomic E-state index is 10.2. The molecule has 2 aromatic carbocycles. The van der Waals surface area contributed by atoms with Crippen LogP contribution in [-0.4, -0.2) is 17.0 Å². The minimum Gasteiger partial charge on any atom is -1.00 e. The van der Waals surface area contributed by atoms with Crippen LogP contribution in [0.15, 0.2) is 48.5 Å². The summed E-state index contributed by atoms with van der Waals surface area (Å²) in [6.07, 6.45) is 0. The largest absolute Gasteiger partial charge is 1.00 e. The SMILES string of the molecule is COc1ccc([N+](=O)[O-])cc1.O=[N+]([O-])c1cccc(Cl)c1.[Cl-].[Na+]. The second-order valence-corrected chi connectivity index (χ2v) is 4.13. The Kier molecular flexibility index (Phi) is 12.6. The Morgan fingerprint density at radius 3 is 1.83 bits per heavy atom. The number of ether oxygens (including phenoxy) is 1. The number of methoxy groups -OCH3 is 1. The minimum atomic E-state index is -0.480. The van der Waals surface area contributed by atoms with E-state index >= 15 is 0 Å². The number of hydrogen-bond donors (Lipinski definition) is 0. The number of nitrogens with zero attached hydrogens (tertiary/aromatic N) is 2. The molecule has 10 heteroatoms. The van der Waals surface area contributed by atoms with Gasteiger partial charge in [0.1, 0.15) is 5.75 Å². The van der Waals surface area contributed by atoms with E-state index in [0.29, 0.717) is 10.8 Å². The molecule has 0 N–H and O–H groups in total. The van der Waals surface area contributed by atoms with E-state index in [4.69, 9.17) is 16.3 Å². The van der Waals surface area contributed by atoms with Crippen molar-refractivity contribution in [3.63, 3.8) is 0 Å². The zero-order valence-electron chi connectivity index (χ0n) is 12.3. The summed E-state index contributed by atoms with van der Waals surface area (Å²) in [5, 5.41) is 20.6. The van der Waals surface area contributed by atoms with Gasteiger partial charge < -0.3 is 17.1 Å². The van der Waals surface area contributed by atoms with Gasteiger partial charge in [0.25, 0.3) is 11.4 Å². The fraction of sp³-hybridized carbons (Fsp3) is 0.0769. The summed E-state index contributed by atoms with van der Waals surface area (Å²) in [6, 6.07) is 11.7. The van der Waals surface area contributed by atoms with Crippen LogP contribution in [0.5, 0.6) is 5.75 Å². The number of hydrogen-bond acceptors (Lipinski definition) is 5.